The molecule has 122 valence electrons. The molecule has 1 rings (SSSR count). The van der Waals surface area contributed by atoms with E-state index in [2.05, 4.69) is 13.8 Å². The maximum Gasteiger partial charge on any atom is 0.307 e. The summed E-state index contributed by atoms with van der Waals surface area (Å²) in [7, 11) is 0. The number of carbonyl (C=O) groups excluding carboxylic acids is 1. The van der Waals surface area contributed by atoms with Crippen LogP contribution in [0.3, 0.4) is 0 Å². The van der Waals surface area contributed by atoms with Gasteiger partial charge >= 0.3 is 11.9 Å². The SMILES string of the molecule is CCOC(=O)CC(C(=O)O)C1CCCCC1CCC(C)C. The molecular weight excluding hydrogens is 268 g/mol. The van der Waals surface area contributed by atoms with Crippen LogP contribution < -0.4 is 0 Å². The maximum atomic E-state index is 11.7. The Kier molecular flexibility index (Phi) is 7.76. The fraction of sp³-hybridized carbons (Fsp3) is 0.882. The number of carbonyl (C=O) groups is 2. The molecule has 3 atom stereocenters. The molecule has 0 bridgehead atoms. The second-order valence-electron chi connectivity index (χ2n) is 6.63. The number of hydrogen-bond donors (Lipinski definition) is 1. The molecule has 0 aliphatic heterocycles. The van der Waals surface area contributed by atoms with E-state index in [0.29, 0.717) is 18.4 Å². The summed E-state index contributed by atoms with van der Waals surface area (Å²) in [6.45, 7) is 6.46. The van der Waals surface area contributed by atoms with Crippen molar-refractivity contribution in [1.29, 1.82) is 0 Å². The molecule has 0 spiro atoms. The summed E-state index contributed by atoms with van der Waals surface area (Å²) < 4.78 is 4.94. The molecule has 0 saturated heterocycles. The zero-order chi connectivity index (χ0) is 15.8. The lowest BCUT2D eigenvalue weighted by molar-refractivity contribution is -0.154. The Labute approximate surface area is 128 Å². The lowest BCUT2D eigenvalue weighted by Crippen LogP contribution is -2.34. The van der Waals surface area contributed by atoms with Gasteiger partial charge in [0.15, 0.2) is 0 Å². The Morgan fingerprint density at radius 2 is 1.90 bits per heavy atom. The second kappa shape index (κ2) is 9.06. The Bertz CT molecular complexity index is 338. The highest BCUT2D eigenvalue weighted by Gasteiger charge is 2.37. The van der Waals surface area contributed by atoms with Gasteiger partial charge in [-0.05, 0) is 37.5 Å². The van der Waals surface area contributed by atoms with Crippen LogP contribution in [0.1, 0.15) is 65.7 Å². The van der Waals surface area contributed by atoms with Crippen molar-refractivity contribution in [2.24, 2.45) is 23.7 Å². The zero-order valence-electron chi connectivity index (χ0n) is 13.6. The summed E-state index contributed by atoms with van der Waals surface area (Å²) in [5, 5.41) is 9.53. The van der Waals surface area contributed by atoms with Gasteiger partial charge in [-0.1, -0.05) is 39.5 Å². The first kappa shape index (κ1) is 18.0. The van der Waals surface area contributed by atoms with E-state index < -0.39 is 11.9 Å². The molecule has 0 aromatic heterocycles. The average Bonchev–Trinajstić information content (AvgIpc) is 2.43. The molecule has 1 N–H and O–H groups in total. The van der Waals surface area contributed by atoms with Crippen LogP contribution in [0.25, 0.3) is 0 Å². The molecule has 21 heavy (non-hydrogen) atoms. The number of carboxylic acid groups (broad SMARTS) is 1. The average molecular weight is 298 g/mol. The Balaban J connectivity index is 2.71. The van der Waals surface area contributed by atoms with Crippen molar-refractivity contribution >= 4 is 11.9 Å². The largest absolute Gasteiger partial charge is 0.481 e. The lowest BCUT2D eigenvalue weighted by atomic mass is 9.69. The molecule has 4 nitrogen and oxygen atoms in total. The molecule has 1 saturated carbocycles. The van der Waals surface area contributed by atoms with E-state index in [-0.39, 0.29) is 18.3 Å². The highest BCUT2D eigenvalue weighted by molar-refractivity contribution is 5.79. The predicted octanol–water partition coefficient (Wildman–Crippen LogP) is 3.88. The molecule has 0 aromatic rings. The number of aliphatic carboxylic acids is 1. The molecule has 1 fully saturated rings. The van der Waals surface area contributed by atoms with Gasteiger partial charge in [0, 0.05) is 0 Å². The van der Waals surface area contributed by atoms with Crippen molar-refractivity contribution in [3.8, 4) is 0 Å². The first-order valence-corrected chi connectivity index (χ1v) is 8.34. The third-order valence-electron chi connectivity index (χ3n) is 4.61. The molecule has 0 radical (unpaired) electrons. The molecule has 1 aliphatic carbocycles. The summed E-state index contributed by atoms with van der Waals surface area (Å²) >= 11 is 0. The normalized spacial score (nSPS) is 23.8. The summed E-state index contributed by atoms with van der Waals surface area (Å²) in [6.07, 6.45) is 6.53. The Morgan fingerprint density at radius 3 is 2.48 bits per heavy atom. The van der Waals surface area contributed by atoms with Crippen LogP contribution >= 0.6 is 0 Å². The standard InChI is InChI=1S/C17H30O4/c1-4-21-16(18)11-15(17(19)20)14-8-6-5-7-13(14)10-9-12(2)3/h12-15H,4-11H2,1-3H3,(H,19,20). The number of carboxylic acids is 1. The molecular formula is C17H30O4. The van der Waals surface area contributed by atoms with Crippen molar-refractivity contribution in [2.45, 2.75) is 65.7 Å². The monoisotopic (exact) mass is 298 g/mol. The van der Waals surface area contributed by atoms with Crippen molar-refractivity contribution < 1.29 is 19.4 Å². The van der Waals surface area contributed by atoms with Crippen LogP contribution in [0.4, 0.5) is 0 Å². The minimum atomic E-state index is -0.843. The summed E-state index contributed by atoms with van der Waals surface area (Å²) in [5.74, 6) is -0.596. The van der Waals surface area contributed by atoms with E-state index in [1.165, 1.54) is 6.42 Å². The highest BCUT2D eigenvalue weighted by atomic mass is 16.5. The molecule has 0 aromatic carbocycles. The van der Waals surface area contributed by atoms with Crippen LogP contribution in [0.2, 0.25) is 0 Å². The van der Waals surface area contributed by atoms with Gasteiger partial charge in [0.1, 0.15) is 0 Å². The summed E-state index contributed by atoms with van der Waals surface area (Å²) in [6, 6.07) is 0. The molecule has 3 unspecified atom stereocenters. The van der Waals surface area contributed by atoms with Gasteiger partial charge in [-0.15, -0.1) is 0 Å². The van der Waals surface area contributed by atoms with Gasteiger partial charge < -0.3 is 9.84 Å². The number of hydrogen-bond acceptors (Lipinski definition) is 3. The van der Waals surface area contributed by atoms with E-state index in [0.717, 1.165) is 32.1 Å². The molecule has 4 heteroatoms. The quantitative estimate of drug-likeness (QED) is 0.691. The fourth-order valence-corrected chi connectivity index (χ4v) is 3.49. The molecule has 1 aliphatic rings. The van der Waals surface area contributed by atoms with E-state index in [1.807, 2.05) is 0 Å². The van der Waals surface area contributed by atoms with Gasteiger partial charge in [-0.25, -0.2) is 0 Å². The topological polar surface area (TPSA) is 63.6 Å². The second-order valence-corrected chi connectivity index (χ2v) is 6.63. The van der Waals surface area contributed by atoms with Gasteiger partial charge in [0.25, 0.3) is 0 Å². The van der Waals surface area contributed by atoms with Crippen LogP contribution in [-0.2, 0) is 14.3 Å². The number of esters is 1. The smallest absolute Gasteiger partial charge is 0.307 e. The van der Waals surface area contributed by atoms with Gasteiger partial charge in [0.05, 0.1) is 18.9 Å². The minimum absolute atomic E-state index is 0.0199. The van der Waals surface area contributed by atoms with Crippen LogP contribution in [0, 0.1) is 23.7 Å². The van der Waals surface area contributed by atoms with Crippen LogP contribution in [-0.4, -0.2) is 23.7 Å². The van der Waals surface area contributed by atoms with E-state index in [1.54, 1.807) is 6.92 Å². The fourth-order valence-electron chi connectivity index (χ4n) is 3.49. The van der Waals surface area contributed by atoms with Crippen LogP contribution in [0.5, 0.6) is 0 Å². The third-order valence-corrected chi connectivity index (χ3v) is 4.61. The van der Waals surface area contributed by atoms with Gasteiger partial charge in [0.2, 0.25) is 0 Å². The minimum Gasteiger partial charge on any atom is -0.481 e. The van der Waals surface area contributed by atoms with Crippen molar-refractivity contribution in [1.82, 2.24) is 0 Å². The summed E-state index contributed by atoms with van der Waals surface area (Å²) in [4.78, 5) is 23.3. The van der Waals surface area contributed by atoms with E-state index in [4.69, 9.17) is 4.74 Å². The Hall–Kier alpha value is -1.06. The van der Waals surface area contributed by atoms with Crippen molar-refractivity contribution in [3.63, 3.8) is 0 Å². The van der Waals surface area contributed by atoms with Crippen molar-refractivity contribution in [3.05, 3.63) is 0 Å². The lowest BCUT2D eigenvalue weighted by Gasteiger charge is -2.35. The highest BCUT2D eigenvalue weighted by Crippen LogP contribution is 2.40. The predicted molar refractivity (Wildman–Crippen MR) is 81.9 cm³/mol. The number of rotatable bonds is 8. The zero-order valence-corrected chi connectivity index (χ0v) is 13.6. The number of ether oxygens (including phenoxy) is 1. The summed E-state index contributed by atoms with van der Waals surface area (Å²) in [5.41, 5.74) is 0. The van der Waals surface area contributed by atoms with Gasteiger partial charge in [-0.3, -0.25) is 9.59 Å². The Morgan fingerprint density at radius 1 is 1.24 bits per heavy atom. The first-order chi connectivity index (χ1) is 9.95. The van der Waals surface area contributed by atoms with E-state index >= 15 is 0 Å². The molecule has 0 amide bonds. The maximum absolute atomic E-state index is 11.7. The van der Waals surface area contributed by atoms with Gasteiger partial charge in [-0.2, -0.15) is 0 Å². The van der Waals surface area contributed by atoms with Crippen LogP contribution in [0.15, 0.2) is 0 Å². The van der Waals surface area contributed by atoms with E-state index in [9.17, 15) is 14.7 Å². The third kappa shape index (κ3) is 6.06. The molecule has 0 heterocycles. The van der Waals surface area contributed by atoms with Crippen molar-refractivity contribution in [2.75, 3.05) is 6.61 Å². The first-order valence-electron chi connectivity index (χ1n) is 8.34.